The summed E-state index contributed by atoms with van der Waals surface area (Å²) in [5, 5.41) is 3.48. The SMILES string of the molecule is CNC1c2cc(CC(C)C)ccc2C(C)C1C. The van der Waals surface area contributed by atoms with Crippen molar-refractivity contribution in [2.75, 3.05) is 7.05 Å². The van der Waals surface area contributed by atoms with E-state index >= 15 is 0 Å². The zero-order valence-corrected chi connectivity index (χ0v) is 11.7. The van der Waals surface area contributed by atoms with Gasteiger partial charge in [0.05, 0.1) is 0 Å². The van der Waals surface area contributed by atoms with Gasteiger partial charge in [-0.3, -0.25) is 0 Å². The molecule has 0 saturated carbocycles. The zero-order chi connectivity index (χ0) is 12.6. The van der Waals surface area contributed by atoms with Gasteiger partial charge in [-0.05, 0) is 47.9 Å². The van der Waals surface area contributed by atoms with E-state index in [9.17, 15) is 0 Å². The van der Waals surface area contributed by atoms with Gasteiger partial charge in [0.2, 0.25) is 0 Å². The molecule has 1 N–H and O–H groups in total. The van der Waals surface area contributed by atoms with Gasteiger partial charge in [-0.2, -0.15) is 0 Å². The first-order chi connectivity index (χ1) is 8.04. The summed E-state index contributed by atoms with van der Waals surface area (Å²) in [7, 11) is 2.08. The van der Waals surface area contributed by atoms with Gasteiger partial charge in [-0.1, -0.05) is 45.9 Å². The van der Waals surface area contributed by atoms with E-state index < -0.39 is 0 Å². The van der Waals surface area contributed by atoms with Crippen molar-refractivity contribution in [2.24, 2.45) is 11.8 Å². The smallest absolute Gasteiger partial charge is 0.0352 e. The van der Waals surface area contributed by atoms with E-state index in [0.717, 1.165) is 5.92 Å². The molecule has 0 radical (unpaired) electrons. The molecule has 0 fully saturated rings. The lowest BCUT2D eigenvalue weighted by molar-refractivity contribution is 0.402. The topological polar surface area (TPSA) is 12.0 Å². The quantitative estimate of drug-likeness (QED) is 0.832. The first-order valence-corrected chi connectivity index (χ1v) is 6.84. The van der Waals surface area contributed by atoms with Crippen LogP contribution in [0, 0.1) is 11.8 Å². The van der Waals surface area contributed by atoms with Crippen molar-refractivity contribution in [1.29, 1.82) is 0 Å². The van der Waals surface area contributed by atoms with Gasteiger partial charge in [0.15, 0.2) is 0 Å². The van der Waals surface area contributed by atoms with Gasteiger partial charge in [0.1, 0.15) is 0 Å². The lowest BCUT2D eigenvalue weighted by Crippen LogP contribution is -2.20. The molecule has 1 aromatic carbocycles. The highest BCUT2D eigenvalue weighted by Gasteiger charge is 2.34. The summed E-state index contributed by atoms with van der Waals surface area (Å²) in [6, 6.07) is 7.63. The summed E-state index contributed by atoms with van der Waals surface area (Å²) in [5.41, 5.74) is 4.57. The van der Waals surface area contributed by atoms with Crippen LogP contribution >= 0.6 is 0 Å². The van der Waals surface area contributed by atoms with Crippen LogP contribution in [0.2, 0.25) is 0 Å². The molecule has 3 unspecified atom stereocenters. The summed E-state index contributed by atoms with van der Waals surface area (Å²) in [6.45, 7) is 9.28. The molecule has 17 heavy (non-hydrogen) atoms. The molecule has 0 spiro atoms. The molecule has 1 aliphatic rings. The maximum atomic E-state index is 3.48. The van der Waals surface area contributed by atoms with E-state index in [1.165, 1.54) is 17.5 Å². The Kier molecular flexibility index (Phi) is 3.58. The van der Waals surface area contributed by atoms with Crippen LogP contribution in [0.3, 0.4) is 0 Å². The van der Waals surface area contributed by atoms with Crippen molar-refractivity contribution in [1.82, 2.24) is 5.32 Å². The third-order valence-corrected chi connectivity index (χ3v) is 4.25. The predicted octanol–water partition coefficient (Wildman–Crippen LogP) is 3.90. The Bertz CT molecular complexity index is 395. The van der Waals surface area contributed by atoms with Crippen LogP contribution < -0.4 is 5.32 Å². The number of hydrogen-bond acceptors (Lipinski definition) is 1. The van der Waals surface area contributed by atoms with E-state index in [-0.39, 0.29) is 0 Å². The molecule has 1 aromatic rings. The molecule has 0 aromatic heterocycles. The Morgan fingerprint density at radius 3 is 2.47 bits per heavy atom. The van der Waals surface area contributed by atoms with Crippen molar-refractivity contribution in [3.05, 3.63) is 34.9 Å². The highest BCUT2D eigenvalue weighted by molar-refractivity contribution is 5.41. The van der Waals surface area contributed by atoms with Crippen LogP contribution in [0.25, 0.3) is 0 Å². The fourth-order valence-corrected chi connectivity index (χ4v) is 3.18. The van der Waals surface area contributed by atoms with Crippen molar-refractivity contribution < 1.29 is 0 Å². The number of fused-ring (bicyclic) bond motifs is 1. The van der Waals surface area contributed by atoms with Crippen molar-refractivity contribution in [2.45, 2.75) is 46.1 Å². The minimum absolute atomic E-state index is 0.534. The second-order valence-electron chi connectivity index (χ2n) is 5.98. The highest BCUT2D eigenvalue weighted by Crippen LogP contribution is 2.44. The monoisotopic (exact) mass is 231 g/mol. The molecule has 1 heteroatoms. The molecular weight excluding hydrogens is 206 g/mol. The van der Waals surface area contributed by atoms with Gasteiger partial charge in [0, 0.05) is 6.04 Å². The molecule has 0 aliphatic heterocycles. The Morgan fingerprint density at radius 2 is 1.88 bits per heavy atom. The van der Waals surface area contributed by atoms with Gasteiger partial charge >= 0.3 is 0 Å². The van der Waals surface area contributed by atoms with Crippen LogP contribution in [0.15, 0.2) is 18.2 Å². The van der Waals surface area contributed by atoms with Gasteiger partial charge in [0.25, 0.3) is 0 Å². The Hall–Kier alpha value is -0.820. The van der Waals surface area contributed by atoms with Crippen LogP contribution in [-0.2, 0) is 6.42 Å². The third-order valence-electron chi connectivity index (χ3n) is 4.25. The second kappa shape index (κ2) is 4.81. The molecule has 2 rings (SSSR count). The number of nitrogens with one attached hydrogen (secondary N) is 1. The molecule has 3 atom stereocenters. The number of benzene rings is 1. The Morgan fingerprint density at radius 1 is 1.18 bits per heavy atom. The van der Waals surface area contributed by atoms with E-state index in [4.69, 9.17) is 0 Å². The average Bonchev–Trinajstić information content (AvgIpc) is 2.50. The van der Waals surface area contributed by atoms with Gasteiger partial charge in [-0.25, -0.2) is 0 Å². The summed E-state index contributed by atoms with van der Waals surface area (Å²) in [4.78, 5) is 0. The maximum Gasteiger partial charge on any atom is 0.0352 e. The standard InChI is InChI=1S/C16H25N/c1-10(2)8-13-6-7-14-11(3)12(4)16(17-5)15(14)9-13/h6-7,9-12,16-17H,8H2,1-5H3. The van der Waals surface area contributed by atoms with Crippen LogP contribution in [0.5, 0.6) is 0 Å². The van der Waals surface area contributed by atoms with Crippen molar-refractivity contribution >= 4 is 0 Å². The lowest BCUT2D eigenvalue weighted by Gasteiger charge is -2.18. The summed E-state index contributed by atoms with van der Waals surface area (Å²) < 4.78 is 0. The summed E-state index contributed by atoms with van der Waals surface area (Å²) in [6.07, 6.45) is 1.19. The fourth-order valence-electron chi connectivity index (χ4n) is 3.18. The van der Waals surface area contributed by atoms with Crippen LogP contribution in [0.1, 0.15) is 56.3 Å². The Labute approximate surface area is 106 Å². The number of rotatable bonds is 3. The molecule has 1 nitrogen and oxygen atoms in total. The number of hydrogen-bond donors (Lipinski definition) is 1. The minimum atomic E-state index is 0.534. The normalized spacial score (nSPS) is 27.5. The maximum absolute atomic E-state index is 3.48. The lowest BCUT2D eigenvalue weighted by atomic mass is 9.94. The third kappa shape index (κ3) is 2.26. The molecule has 0 heterocycles. The van der Waals surface area contributed by atoms with E-state index in [0.29, 0.717) is 17.9 Å². The molecule has 0 amide bonds. The van der Waals surface area contributed by atoms with Crippen LogP contribution in [-0.4, -0.2) is 7.05 Å². The van der Waals surface area contributed by atoms with Crippen molar-refractivity contribution in [3.8, 4) is 0 Å². The summed E-state index contributed by atoms with van der Waals surface area (Å²) in [5.74, 6) is 2.11. The summed E-state index contributed by atoms with van der Waals surface area (Å²) >= 11 is 0. The van der Waals surface area contributed by atoms with Gasteiger partial charge in [-0.15, -0.1) is 0 Å². The molecular formula is C16H25N. The van der Waals surface area contributed by atoms with E-state index in [1.807, 2.05) is 0 Å². The first kappa shape index (κ1) is 12.6. The second-order valence-corrected chi connectivity index (χ2v) is 5.98. The first-order valence-electron chi connectivity index (χ1n) is 6.84. The highest BCUT2D eigenvalue weighted by atomic mass is 14.9. The fraction of sp³-hybridized carbons (Fsp3) is 0.625. The molecule has 1 aliphatic carbocycles. The van der Waals surface area contributed by atoms with E-state index in [1.54, 1.807) is 5.56 Å². The average molecular weight is 231 g/mol. The van der Waals surface area contributed by atoms with Crippen LogP contribution in [0.4, 0.5) is 0 Å². The largest absolute Gasteiger partial charge is 0.313 e. The zero-order valence-electron chi connectivity index (χ0n) is 11.7. The van der Waals surface area contributed by atoms with E-state index in [2.05, 4.69) is 58.3 Å². The predicted molar refractivity (Wildman–Crippen MR) is 74.4 cm³/mol. The van der Waals surface area contributed by atoms with Gasteiger partial charge < -0.3 is 5.32 Å². The molecule has 0 saturated heterocycles. The van der Waals surface area contributed by atoms with Crippen molar-refractivity contribution in [3.63, 3.8) is 0 Å². The Balaban J connectivity index is 2.35. The minimum Gasteiger partial charge on any atom is -0.313 e. The molecule has 94 valence electrons. The molecule has 0 bridgehead atoms.